The number of hydrogen-bond donors (Lipinski definition) is 3. The summed E-state index contributed by atoms with van der Waals surface area (Å²) in [7, 11) is 0. The second-order valence-electron chi connectivity index (χ2n) is 10.9. The Hall–Kier alpha value is -0.610. The van der Waals surface area contributed by atoms with E-state index in [1.165, 1.54) is 6.42 Å². The molecule has 0 aromatic carbocycles. The number of hydrogen-bond acceptors (Lipinski definition) is 3. The molecule has 0 aliphatic heterocycles. The number of carboxylic acids is 1. The van der Waals surface area contributed by atoms with Gasteiger partial charge in [-0.2, -0.15) is 0 Å². The number of aliphatic hydroxyl groups is 2. The van der Waals surface area contributed by atoms with Crippen molar-refractivity contribution in [1.82, 2.24) is 0 Å². The molecular formula is C23H38O4. The third-order valence-corrected chi connectivity index (χ3v) is 9.61. The fourth-order valence-corrected chi connectivity index (χ4v) is 8.45. The van der Waals surface area contributed by atoms with Crippen LogP contribution in [0.2, 0.25) is 0 Å². The lowest BCUT2D eigenvalue weighted by molar-refractivity contribution is -0.169. The molecule has 11 atom stereocenters. The monoisotopic (exact) mass is 378 g/mol. The highest BCUT2D eigenvalue weighted by atomic mass is 16.4. The van der Waals surface area contributed by atoms with E-state index < -0.39 is 5.97 Å². The number of rotatable bonds is 3. The molecule has 4 fully saturated rings. The molecule has 0 heterocycles. The maximum atomic E-state index is 11.3. The van der Waals surface area contributed by atoms with Gasteiger partial charge in [-0.3, -0.25) is 4.79 Å². The fraction of sp³-hybridized carbons (Fsp3) is 0.957. The Morgan fingerprint density at radius 3 is 2.56 bits per heavy atom. The molecule has 27 heavy (non-hydrogen) atoms. The predicted molar refractivity (Wildman–Crippen MR) is 104 cm³/mol. The van der Waals surface area contributed by atoms with Crippen molar-refractivity contribution in [3.8, 4) is 0 Å². The zero-order valence-electron chi connectivity index (χ0n) is 17.2. The van der Waals surface area contributed by atoms with Gasteiger partial charge in [-0.25, -0.2) is 0 Å². The largest absolute Gasteiger partial charge is 0.481 e. The molecule has 4 aliphatic carbocycles. The molecule has 0 aromatic rings. The first-order valence-corrected chi connectivity index (χ1v) is 11.3. The summed E-state index contributed by atoms with van der Waals surface area (Å²) in [5.74, 6) is 3.16. The summed E-state index contributed by atoms with van der Waals surface area (Å²) in [6.07, 6.45) is 7.01. The van der Waals surface area contributed by atoms with E-state index in [-0.39, 0.29) is 30.0 Å². The van der Waals surface area contributed by atoms with Gasteiger partial charge in [-0.15, -0.1) is 0 Å². The Bertz CT molecular complexity index is 577. The number of aliphatic carboxylic acids is 1. The summed E-state index contributed by atoms with van der Waals surface area (Å²) >= 11 is 0. The molecule has 4 saturated carbocycles. The average Bonchev–Trinajstić information content (AvgIpc) is 3.02. The van der Waals surface area contributed by atoms with Crippen molar-refractivity contribution in [2.24, 2.45) is 52.8 Å². The van der Waals surface area contributed by atoms with Gasteiger partial charge in [-0.1, -0.05) is 20.8 Å². The molecule has 0 saturated heterocycles. The van der Waals surface area contributed by atoms with Gasteiger partial charge < -0.3 is 15.3 Å². The van der Waals surface area contributed by atoms with Crippen LogP contribution in [0.4, 0.5) is 0 Å². The number of aliphatic hydroxyl groups excluding tert-OH is 2. The van der Waals surface area contributed by atoms with Gasteiger partial charge in [0, 0.05) is 6.42 Å². The predicted octanol–water partition coefficient (Wildman–Crippen LogP) is 3.94. The number of carboxylic acid groups (broad SMARTS) is 1. The van der Waals surface area contributed by atoms with Gasteiger partial charge in [-0.05, 0) is 97.7 Å². The highest BCUT2D eigenvalue weighted by molar-refractivity contribution is 5.67. The lowest BCUT2D eigenvalue weighted by atomic mass is 9.44. The lowest BCUT2D eigenvalue weighted by Crippen LogP contribution is -2.58. The molecule has 0 aromatic heterocycles. The summed E-state index contributed by atoms with van der Waals surface area (Å²) in [6, 6.07) is 0. The molecule has 0 spiro atoms. The van der Waals surface area contributed by atoms with E-state index in [0.29, 0.717) is 41.4 Å². The van der Waals surface area contributed by atoms with Crippen LogP contribution in [0.5, 0.6) is 0 Å². The molecule has 0 amide bonds. The Morgan fingerprint density at radius 1 is 1.11 bits per heavy atom. The van der Waals surface area contributed by atoms with Gasteiger partial charge in [0.2, 0.25) is 0 Å². The summed E-state index contributed by atoms with van der Waals surface area (Å²) in [5, 5.41) is 30.6. The van der Waals surface area contributed by atoms with Gasteiger partial charge in [0.1, 0.15) is 0 Å². The molecule has 154 valence electrons. The minimum Gasteiger partial charge on any atom is -0.481 e. The van der Waals surface area contributed by atoms with Crippen molar-refractivity contribution in [1.29, 1.82) is 0 Å². The van der Waals surface area contributed by atoms with Crippen LogP contribution in [-0.2, 0) is 4.79 Å². The molecule has 0 unspecified atom stereocenters. The summed E-state index contributed by atoms with van der Waals surface area (Å²) in [4.78, 5) is 11.3. The van der Waals surface area contributed by atoms with Gasteiger partial charge in [0.25, 0.3) is 0 Å². The molecule has 4 nitrogen and oxygen atoms in total. The number of carbonyl (C=O) groups is 1. The lowest BCUT2D eigenvalue weighted by Gasteiger charge is -2.61. The van der Waals surface area contributed by atoms with Crippen LogP contribution in [0.3, 0.4) is 0 Å². The van der Waals surface area contributed by atoms with Crippen LogP contribution in [0.1, 0.15) is 72.1 Å². The second kappa shape index (κ2) is 7.02. The molecule has 4 aliphatic rings. The number of fused-ring (bicyclic) bond motifs is 5. The van der Waals surface area contributed by atoms with E-state index in [1.54, 1.807) is 0 Å². The summed E-state index contributed by atoms with van der Waals surface area (Å²) in [5.41, 5.74) is 0.257. The minimum absolute atomic E-state index is 0.187. The Kier molecular flexibility index (Phi) is 5.12. The van der Waals surface area contributed by atoms with Crippen LogP contribution >= 0.6 is 0 Å². The Morgan fingerprint density at radius 2 is 1.85 bits per heavy atom. The van der Waals surface area contributed by atoms with Crippen LogP contribution in [0, 0.1) is 52.8 Å². The Labute approximate surface area is 163 Å². The van der Waals surface area contributed by atoms with E-state index >= 15 is 0 Å². The first-order valence-electron chi connectivity index (χ1n) is 11.3. The molecule has 0 bridgehead atoms. The topological polar surface area (TPSA) is 77.8 Å². The minimum atomic E-state index is -0.680. The second-order valence-corrected chi connectivity index (χ2v) is 10.9. The van der Waals surface area contributed by atoms with Crippen molar-refractivity contribution in [3.05, 3.63) is 0 Å². The van der Waals surface area contributed by atoms with Gasteiger partial charge in [0.15, 0.2) is 0 Å². The van der Waals surface area contributed by atoms with E-state index in [9.17, 15) is 20.1 Å². The SMILES string of the molecule is C[C@H](CC(=O)O)[C@@H]1CC[C@@H]2[C@@H]1[C@H](C)C[C@H]1[C@H]2[C@H](O)C[C@@H]2C[C@H](O)CC[C@@]21C. The quantitative estimate of drug-likeness (QED) is 0.695. The zero-order chi connectivity index (χ0) is 19.5. The fourth-order valence-electron chi connectivity index (χ4n) is 8.45. The van der Waals surface area contributed by atoms with Crippen LogP contribution in [-0.4, -0.2) is 33.5 Å². The smallest absolute Gasteiger partial charge is 0.303 e. The third kappa shape index (κ3) is 3.15. The zero-order valence-corrected chi connectivity index (χ0v) is 17.2. The normalized spacial score (nSPS) is 53.1. The highest BCUT2D eigenvalue weighted by Crippen LogP contribution is 2.65. The van der Waals surface area contributed by atoms with Gasteiger partial charge in [0.05, 0.1) is 12.2 Å². The molecule has 4 heteroatoms. The maximum Gasteiger partial charge on any atom is 0.303 e. The summed E-state index contributed by atoms with van der Waals surface area (Å²) < 4.78 is 0. The molecule has 3 N–H and O–H groups in total. The van der Waals surface area contributed by atoms with Gasteiger partial charge >= 0.3 is 5.97 Å². The van der Waals surface area contributed by atoms with Crippen LogP contribution in [0.15, 0.2) is 0 Å². The van der Waals surface area contributed by atoms with Crippen molar-refractivity contribution < 1.29 is 20.1 Å². The van der Waals surface area contributed by atoms with E-state index in [2.05, 4.69) is 20.8 Å². The summed E-state index contributed by atoms with van der Waals surface area (Å²) in [6.45, 7) is 6.95. The van der Waals surface area contributed by atoms with Crippen molar-refractivity contribution >= 4 is 5.97 Å². The molecule has 4 rings (SSSR count). The molecule has 0 radical (unpaired) electrons. The van der Waals surface area contributed by atoms with E-state index in [1.807, 2.05) is 0 Å². The third-order valence-electron chi connectivity index (χ3n) is 9.61. The first kappa shape index (κ1) is 19.7. The van der Waals surface area contributed by atoms with Crippen molar-refractivity contribution in [2.45, 2.75) is 84.3 Å². The average molecular weight is 379 g/mol. The highest BCUT2D eigenvalue weighted by Gasteiger charge is 2.60. The van der Waals surface area contributed by atoms with Crippen molar-refractivity contribution in [2.75, 3.05) is 0 Å². The van der Waals surface area contributed by atoms with Crippen LogP contribution < -0.4 is 0 Å². The Balaban J connectivity index is 1.59. The van der Waals surface area contributed by atoms with E-state index in [0.717, 1.165) is 38.5 Å². The standard InChI is InChI=1S/C23H38O4/c1-12(9-20(26)27)16-4-5-17-21(16)13(2)8-18-22(17)19(25)11-14-10-15(24)6-7-23(14,18)3/h12-19,21-22,24-25H,4-11H2,1-3H3,(H,26,27)/t12-,13-,14+,15-,16+,17-,18+,19-,21-,22+,23+/m1/s1. The first-order chi connectivity index (χ1) is 12.7. The van der Waals surface area contributed by atoms with Crippen LogP contribution in [0.25, 0.3) is 0 Å². The molecular weight excluding hydrogens is 340 g/mol. The maximum absolute atomic E-state index is 11.3. The van der Waals surface area contributed by atoms with E-state index in [4.69, 9.17) is 0 Å². The van der Waals surface area contributed by atoms with Crippen molar-refractivity contribution in [3.63, 3.8) is 0 Å².